The summed E-state index contributed by atoms with van der Waals surface area (Å²) in [5.41, 5.74) is 7.43. The first kappa shape index (κ1) is 61.7. The van der Waals surface area contributed by atoms with Gasteiger partial charge in [0.25, 0.3) is 0 Å². The van der Waals surface area contributed by atoms with Crippen LogP contribution in [0.15, 0.2) is 71.9 Å². The molecule has 0 radical (unpaired) electrons. The number of carboxylic acid groups (broad SMARTS) is 2. The molecule has 2 aliphatic rings. The Balaban J connectivity index is 0.000000661. The maximum absolute atomic E-state index is 12.2. The Morgan fingerprint density at radius 1 is 0.647 bits per heavy atom. The molecule has 14 N–H and O–H groups in total. The molecule has 2 aromatic carbocycles. The molecule has 68 heavy (non-hydrogen) atoms. The highest BCUT2D eigenvalue weighted by molar-refractivity contribution is 7.46. The minimum Gasteiger partial charge on any atom is -0.508 e. The van der Waals surface area contributed by atoms with Crippen LogP contribution in [0.5, 0.6) is 11.5 Å². The molecule has 4 atom stereocenters. The molecule has 0 bridgehead atoms. The fraction of sp³-hybridized carbons (Fsp3) is 0.542. The molecule has 20 heteroatoms. The second kappa shape index (κ2) is 28.4. The molecule has 18 nitrogen and oxygen atoms in total. The number of rotatable bonds is 22. The van der Waals surface area contributed by atoms with Crippen molar-refractivity contribution in [3.05, 3.63) is 94.1 Å². The van der Waals surface area contributed by atoms with Crippen LogP contribution in [0.25, 0.3) is 0 Å². The summed E-state index contributed by atoms with van der Waals surface area (Å²) in [6, 6.07) is 6.94. The average molecular weight is 997 g/mol. The zero-order valence-corrected chi connectivity index (χ0v) is 42.5. The number of phosphoric acid groups is 2. The summed E-state index contributed by atoms with van der Waals surface area (Å²) in [7, 11) is -9.48. The number of phenolic OH excluding ortho intramolecular Hbond substituents is 2. The normalized spacial score (nSPS) is 18.1. The number of benzene rings is 2. The number of nitrogens with zero attached hydrogens (tertiary/aromatic N) is 2. The summed E-state index contributed by atoms with van der Waals surface area (Å²) < 4.78 is 31.2. The first-order valence-electron chi connectivity index (χ1n) is 22.7. The Labute approximate surface area is 402 Å². The Hall–Kier alpha value is -4.32. The van der Waals surface area contributed by atoms with Crippen LogP contribution in [0.2, 0.25) is 0 Å². The third kappa shape index (κ3) is 18.9. The van der Waals surface area contributed by atoms with Gasteiger partial charge in [0.2, 0.25) is 0 Å². The van der Waals surface area contributed by atoms with Crippen molar-refractivity contribution in [2.75, 3.05) is 36.1 Å². The number of aryl methyl sites for hydroxylation is 2. The molecule has 384 valence electrons. The minimum absolute atomic E-state index is 0. The van der Waals surface area contributed by atoms with Crippen LogP contribution in [-0.2, 0) is 31.0 Å². The van der Waals surface area contributed by atoms with Crippen LogP contribution in [0.3, 0.4) is 0 Å². The predicted molar refractivity (Wildman–Crippen MR) is 268 cm³/mol. The van der Waals surface area contributed by atoms with E-state index in [0.717, 1.165) is 107 Å². The first-order valence-corrected chi connectivity index (χ1v) is 25.7. The smallest absolute Gasteiger partial charge is 0.469 e. The van der Waals surface area contributed by atoms with E-state index in [2.05, 4.69) is 48.2 Å². The minimum atomic E-state index is -4.74. The summed E-state index contributed by atoms with van der Waals surface area (Å²) >= 11 is 0. The predicted octanol–water partition coefficient (Wildman–Crippen LogP) is 11.8. The third-order valence-electron chi connectivity index (χ3n) is 12.1. The number of hydrogen-bond donors (Lipinski definition) is 10. The lowest BCUT2D eigenvalue weighted by Gasteiger charge is -2.34. The molecule has 0 spiro atoms. The van der Waals surface area contributed by atoms with Crippen molar-refractivity contribution in [1.82, 2.24) is 12.3 Å². The fourth-order valence-electron chi connectivity index (χ4n) is 8.89. The van der Waals surface area contributed by atoms with Gasteiger partial charge in [-0.25, -0.2) is 18.7 Å². The molecule has 0 saturated heterocycles. The van der Waals surface area contributed by atoms with Crippen molar-refractivity contribution >= 4 is 39.2 Å². The molecule has 0 aliphatic heterocycles. The molecule has 0 unspecified atom stereocenters. The summed E-state index contributed by atoms with van der Waals surface area (Å²) in [5.74, 6) is -0.426. The van der Waals surface area contributed by atoms with Crippen LogP contribution < -0.4 is 22.1 Å². The Morgan fingerprint density at radius 3 is 1.26 bits per heavy atom. The first-order chi connectivity index (χ1) is 30.9. The van der Waals surface area contributed by atoms with Crippen molar-refractivity contribution in [3.63, 3.8) is 0 Å². The zero-order valence-electron chi connectivity index (χ0n) is 40.7. The van der Waals surface area contributed by atoms with Crippen LogP contribution in [-0.4, -0.2) is 78.5 Å². The Bertz CT molecular complexity index is 2030. The maximum Gasteiger partial charge on any atom is 0.469 e. The van der Waals surface area contributed by atoms with Gasteiger partial charge in [-0.3, -0.25) is 18.8 Å². The van der Waals surface area contributed by atoms with E-state index in [1.54, 1.807) is 24.3 Å². The van der Waals surface area contributed by atoms with Gasteiger partial charge in [0.15, 0.2) is 0 Å². The van der Waals surface area contributed by atoms with E-state index < -0.39 is 41.0 Å². The number of anilines is 2. The van der Waals surface area contributed by atoms with E-state index >= 15 is 0 Å². The van der Waals surface area contributed by atoms with Crippen molar-refractivity contribution < 1.29 is 67.8 Å². The second-order valence-electron chi connectivity index (χ2n) is 17.6. The highest BCUT2D eigenvalue weighted by Gasteiger charge is 2.35. The van der Waals surface area contributed by atoms with Gasteiger partial charge in [-0.15, -0.1) is 0 Å². The number of unbranched alkanes of at least 4 members (excludes halogenated alkanes) is 4. The van der Waals surface area contributed by atoms with Crippen molar-refractivity contribution in [2.24, 2.45) is 11.8 Å². The lowest BCUT2D eigenvalue weighted by atomic mass is 9.73. The number of aromatic hydroxyl groups is 2. The van der Waals surface area contributed by atoms with E-state index in [9.17, 15) is 39.1 Å². The van der Waals surface area contributed by atoms with Crippen LogP contribution >= 0.6 is 15.6 Å². The number of allylic oxidation sites excluding steroid dienone is 6. The van der Waals surface area contributed by atoms with Crippen molar-refractivity contribution in [2.45, 2.75) is 130 Å². The number of amides is 2. The van der Waals surface area contributed by atoms with Crippen LogP contribution in [0, 0.1) is 11.8 Å². The Morgan fingerprint density at radius 2 is 0.985 bits per heavy atom. The highest BCUT2D eigenvalue weighted by Crippen LogP contribution is 2.49. The summed E-state index contributed by atoms with van der Waals surface area (Å²) in [6.45, 7) is 18.8. The highest BCUT2D eigenvalue weighted by atomic mass is 31.2. The second-order valence-corrected chi connectivity index (χ2v) is 20.1. The lowest BCUT2D eigenvalue weighted by Crippen LogP contribution is -2.34. The van der Waals surface area contributed by atoms with Crippen LogP contribution in [0.1, 0.15) is 140 Å². The van der Waals surface area contributed by atoms with Crippen molar-refractivity contribution in [3.8, 4) is 11.5 Å². The average Bonchev–Trinajstić information content (AvgIpc) is 3.20. The molecular weight excluding hydrogens is 918 g/mol. The maximum atomic E-state index is 12.2. The van der Waals surface area contributed by atoms with E-state index in [0.29, 0.717) is 35.3 Å². The monoisotopic (exact) mass is 996 g/mol. The van der Waals surface area contributed by atoms with Gasteiger partial charge in [0.1, 0.15) is 11.5 Å². The zero-order chi connectivity index (χ0) is 49.5. The molecule has 0 saturated carbocycles. The third-order valence-corrected chi connectivity index (χ3v) is 13.2. The number of carbonyl (C=O) groups is 2. The summed E-state index contributed by atoms with van der Waals surface area (Å²) in [4.78, 5) is 62.4. The number of phenols is 2. The van der Waals surface area contributed by atoms with Gasteiger partial charge in [0.05, 0.1) is 37.7 Å². The van der Waals surface area contributed by atoms with Gasteiger partial charge in [-0.1, -0.05) is 87.1 Å². The van der Waals surface area contributed by atoms with Crippen molar-refractivity contribution in [1.29, 1.82) is 0 Å². The number of hydrogen-bond acceptors (Lipinski definition) is 10. The Kier molecular flexibility index (Phi) is 25.7. The summed E-state index contributed by atoms with van der Waals surface area (Å²) in [6.07, 6.45) is 12.3. The molecular formula is C48H78N4O14P2. The van der Waals surface area contributed by atoms with Gasteiger partial charge >= 0.3 is 27.8 Å². The fourth-order valence-corrected chi connectivity index (χ4v) is 9.53. The van der Waals surface area contributed by atoms with Gasteiger partial charge in [0, 0.05) is 23.0 Å². The molecule has 2 aliphatic carbocycles. The topological polar surface area (TPSA) is 325 Å². The summed E-state index contributed by atoms with van der Waals surface area (Å²) in [5, 5.41) is 42.2. The van der Waals surface area contributed by atoms with Gasteiger partial charge in [-0.2, -0.15) is 0 Å². The van der Waals surface area contributed by atoms with E-state index in [-0.39, 0.29) is 60.6 Å². The molecule has 2 amide bonds. The van der Waals surface area contributed by atoms with E-state index in [1.165, 1.54) is 0 Å². The standard InChI is InChI=1S/2C24H36NO7P.2H3N/c2*1-5-6-7-8-18-14-21(25(24(27)28)11-12-32-33(29,30)31)23(22(26)15-18)20-13-17(4)9-10-19(20)16(2)3;;/h2*13-15,19-20,26H,2,5-12H2,1,3-4H3,(H,27,28)(H2,29,30,31);2*1H3/t2*19-,20+;;/m00../s1. The van der Waals surface area contributed by atoms with E-state index in [4.69, 9.17) is 19.6 Å². The van der Waals surface area contributed by atoms with Gasteiger partial charge < -0.3 is 52.3 Å². The largest absolute Gasteiger partial charge is 0.508 e. The molecule has 4 rings (SSSR count). The SMILES string of the molecule is C=C(C)[C@@H]1CCC(C)=C[C@H]1c1c(O)cc(CCCCC)cc1N(CCOP(=O)(O)O)C(=O)O.C=C(C)[C@@H]1CCC(C)=C[C@H]1c1c(O)cc(CCCCC)cc1N(CCOP(=O)(O)O)C(=O)O.N.N. The molecule has 0 aromatic heterocycles. The van der Waals surface area contributed by atoms with E-state index in [1.807, 2.05) is 27.7 Å². The molecule has 2 aromatic rings. The lowest BCUT2D eigenvalue weighted by molar-refractivity contribution is 0.187. The molecule has 0 fully saturated rings. The van der Waals surface area contributed by atoms with Gasteiger partial charge in [-0.05, 0) is 126 Å². The quantitative estimate of drug-likeness (QED) is 0.0298. The molecule has 0 heterocycles. The number of phosphoric ester groups is 2. The van der Waals surface area contributed by atoms with Crippen LogP contribution in [0.4, 0.5) is 21.0 Å².